The monoisotopic (exact) mass is 636 g/mol. The molecule has 14 heteroatoms. The van der Waals surface area contributed by atoms with E-state index < -0.39 is 43.1 Å². The molecule has 0 saturated carbocycles. The fourth-order valence-electron chi connectivity index (χ4n) is 4.65. The van der Waals surface area contributed by atoms with Gasteiger partial charge in [0.2, 0.25) is 26.0 Å². The topological polar surface area (TPSA) is 138 Å². The van der Waals surface area contributed by atoms with Crippen LogP contribution in [0.3, 0.4) is 0 Å². The van der Waals surface area contributed by atoms with Crippen LogP contribution < -0.4 is 9.44 Å². The molecule has 2 heterocycles. The normalized spacial score (nSPS) is 17.4. The van der Waals surface area contributed by atoms with Crippen molar-refractivity contribution in [2.75, 3.05) is 0 Å². The van der Waals surface area contributed by atoms with Crippen LogP contribution in [0.5, 0.6) is 0 Å². The lowest BCUT2D eigenvalue weighted by Crippen LogP contribution is -2.31. The van der Waals surface area contributed by atoms with E-state index >= 15 is 0 Å². The molecule has 5 rings (SSSR count). The molecular weight excluding hydrogens is 614 g/mol. The Morgan fingerprint density at radius 2 is 1.83 bits per heavy atom. The molecular formula is C27H23Cl2FN4O5S2. The van der Waals surface area contributed by atoms with Gasteiger partial charge >= 0.3 is 0 Å². The standard InChI is InChI=1S/C27H23Cl2FN4O5S2/c1-15-20(28)11-18(30)12-24(15)40(36,37)33-22(27-31-14-23(32-27)17-5-3-2-4-6-17)10-16-7-8-19(21(29)9-16)25-13-26(35)34-41(25,38)39/h2-9,11-12,14,22,25,33H,10,13H2,1H3,(H,31,32)(H,34,35)/t22-,25?/m0/s1. The lowest BCUT2D eigenvalue weighted by Gasteiger charge is -2.19. The first-order valence-corrected chi connectivity index (χ1v) is 16.0. The quantitative estimate of drug-likeness (QED) is 0.249. The number of rotatable bonds is 8. The Labute approximate surface area is 246 Å². The molecule has 9 nitrogen and oxygen atoms in total. The van der Waals surface area contributed by atoms with Gasteiger partial charge in [-0.1, -0.05) is 65.7 Å². The second kappa shape index (κ2) is 11.2. The number of H-pyrrole nitrogens is 1. The molecule has 4 aromatic rings. The fourth-order valence-corrected chi connectivity index (χ4v) is 8.24. The number of imidazole rings is 1. The molecule has 1 aromatic heterocycles. The van der Waals surface area contributed by atoms with Gasteiger partial charge in [-0.25, -0.2) is 30.9 Å². The Balaban J connectivity index is 1.51. The van der Waals surface area contributed by atoms with Gasteiger partial charge in [0.1, 0.15) is 16.9 Å². The Kier molecular flexibility index (Phi) is 7.96. The number of aromatic nitrogens is 2. The number of carbonyl (C=O) groups is 1. The Hall–Kier alpha value is -3.29. The molecule has 1 unspecified atom stereocenters. The molecule has 0 aliphatic carbocycles. The van der Waals surface area contributed by atoms with Crippen LogP contribution in [0.2, 0.25) is 10.0 Å². The van der Waals surface area contributed by atoms with Crippen LogP contribution in [-0.2, 0) is 31.3 Å². The summed E-state index contributed by atoms with van der Waals surface area (Å²) in [6, 6.07) is 14.9. The largest absolute Gasteiger partial charge is 0.341 e. The predicted octanol–water partition coefficient (Wildman–Crippen LogP) is 4.98. The van der Waals surface area contributed by atoms with Crippen LogP contribution in [0.15, 0.2) is 71.8 Å². The number of carbonyl (C=O) groups excluding carboxylic acids is 1. The van der Waals surface area contributed by atoms with Crippen molar-refractivity contribution in [1.82, 2.24) is 19.4 Å². The van der Waals surface area contributed by atoms with Gasteiger partial charge in [0, 0.05) is 10.0 Å². The van der Waals surface area contributed by atoms with Gasteiger partial charge in [-0.2, -0.15) is 0 Å². The van der Waals surface area contributed by atoms with Crippen LogP contribution in [0.25, 0.3) is 11.3 Å². The zero-order valence-electron chi connectivity index (χ0n) is 21.4. The zero-order chi connectivity index (χ0) is 29.5. The first kappa shape index (κ1) is 29.2. The summed E-state index contributed by atoms with van der Waals surface area (Å²) in [4.78, 5) is 18.9. The van der Waals surface area contributed by atoms with E-state index in [1.807, 2.05) is 35.1 Å². The van der Waals surface area contributed by atoms with Gasteiger partial charge in [-0.15, -0.1) is 0 Å². The molecule has 41 heavy (non-hydrogen) atoms. The molecule has 1 amide bonds. The van der Waals surface area contributed by atoms with E-state index in [9.17, 15) is 26.0 Å². The van der Waals surface area contributed by atoms with E-state index in [-0.39, 0.29) is 44.7 Å². The van der Waals surface area contributed by atoms with Gasteiger partial charge < -0.3 is 4.98 Å². The summed E-state index contributed by atoms with van der Waals surface area (Å²) in [6.45, 7) is 1.47. The van der Waals surface area contributed by atoms with Crippen molar-refractivity contribution in [2.24, 2.45) is 0 Å². The van der Waals surface area contributed by atoms with E-state index in [1.54, 1.807) is 12.3 Å². The minimum Gasteiger partial charge on any atom is -0.341 e. The maximum Gasteiger partial charge on any atom is 0.242 e. The number of halogens is 3. The van der Waals surface area contributed by atoms with Crippen molar-refractivity contribution < 1.29 is 26.0 Å². The molecule has 214 valence electrons. The van der Waals surface area contributed by atoms with Crippen molar-refractivity contribution in [3.63, 3.8) is 0 Å². The highest BCUT2D eigenvalue weighted by atomic mass is 35.5. The SMILES string of the molecule is Cc1c(Cl)cc(F)cc1S(=O)(=O)N[C@@H](Cc1ccc(C2CC(=O)NS2(=O)=O)c(Cl)c1)c1ncc(-c2ccccc2)[nH]1. The van der Waals surface area contributed by atoms with Gasteiger partial charge in [-0.3, -0.25) is 9.52 Å². The van der Waals surface area contributed by atoms with Crippen LogP contribution in [-0.4, -0.2) is 32.7 Å². The summed E-state index contributed by atoms with van der Waals surface area (Å²) in [6.07, 6.45) is 1.35. The van der Waals surface area contributed by atoms with Crippen molar-refractivity contribution in [3.8, 4) is 11.3 Å². The van der Waals surface area contributed by atoms with E-state index in [0.29, 0.717) is 11.3 Å². The third-order valence-corrected chi connectivity index (χ3v) is 10.7. The fraction of sp³-hybridized carbons (Fsp3) is 0.185. The van der Waals surface area contributed by atoms with Crippen LogP contribution in [0, 0.1) is 12.7 Å². The highest BCUT2D eigenvalue weighted by molar-refractivity contribution is 7.90. The minimum absolute atomic E-state index is 0.0384. The highest BCUT2D eigenvalue weighted by Crippen LogP contribution is 2.36. The molecule has 1 fully saturated rings. The smallest absolute Gasteiger partial charge is 0.242 e. The minimum atomic E-state index is -4.30. The first-order valence-electron chi connectivity index (χ1n) is 12.2. The van der Waals surface area contributed by atoms with Gasteiger partial charge in [-0.05, 0) is 53.8 Å². The van der Waals surface area contributed by atoms with E-state index in [1.165, 1.54) is 19.1 Å². The van der Waals surface area contributed by atoms with E-state index in [2.05, 4.69) is 14.7 Å². The molecule has 1 aliphatic heterocycles. The summed E-state index contributed by atoms with van der Waals surface area (Å²) < 4.78 is 70.4. The van der Waals surface area contributed by atoms with Gasteiger partial charge in [0.05, 0.1) is 29.2 Å². The molecule has 1 saturated heterocycles. The Morgan fingerprint density at radius 1 is 1.10 bits per heavy atom. The van der Waals surface area contributed by atoms with Crippen molar-refractivity contribution in [3.05, 3.63) is 105 Å². The summed E-state index contributed by atoms with van der Waals surface area (Å²) in [5.41, 5.74) is 2.45. The lowest BCUT2D eigenvalue weighted by atomic mass is 10.0. The maximum absolute atomic E-state index is 14.1. The zero-order valence-corrected chi connectivity index (χ0v) is 24.5. The average molecular weight is 638 g/mol. The molecule has 2 atom stereocenters. The number of hydrogen-bond donors (Lipinski definition) is 3. The second-order valence-corrected chi connectivity index (χ2v) is 13.9. The lowest BCUT2D eigenvalue weighted by molar-refractivity contribution is -0.118. The summed E-state index contributed by atoms with van der Waals surface area (Å²) in [5, 5.41) is -1.07. The third-order valence-electron chi connectivity index (χ3n) is 6.71. The molecule has 3 aromatic carbocycles. The molecule has 0 radical (unpaired) electrons. The van der Waals surface area contributed by atoms with Crippen LogP contribution in [0.4, 0.5) is 4.39 Å². The number of amides is 1. The molecule has 0 spiro atoms. The maximum atomic E-state index is 14.1. The summed E-state index contributed by atoms with van der Waals surface area (Å²) in [7, 11) is -8.22. The number of sulfonamides is 2. The summed E-state index contributed by atoms with van der Waals surface area (Å²) in [5.74, 6) is -1.15. The van der Waals surface area contributed by atoms with Crippen molar-refractivity contribution in [1.29, 1.82) is 0 Å². The van der Waals surface area contributed by atoms with Crippen molar-refractivity contribution >= 4 is 49.2 Å². The van der Waals surface area contributed by atoms with E-state index in [4.69, 9.17) is 23.2 Å². The molecule has 3 N–H and O–H groups in total. The van der Waals surface area contributed by atoms with E-state index in [0.717, 1.165) is 17.7 Å². The Morgan fingerprint density at radius 3 is 2.49 bits per heavy atom. The number of nitrogens with one attached hydrogen (secondary N) is 3. The number of nitrogens with zero attached hydrogens (tertiary/aromatic N) is 1. The summed E-state index contributed by atoms with van der Waals surface area (Å²) >= 11 is 12.5. The Bertz CT molecular complexity index is 1870. The van der Waals surface area contributed by atoms with Crippen molar-refractivity contribution in [2.45, 2.75) is 36.0 Å². The van der Waals surface area contributed by atoms with Crippen LogP contribution in [0.1, 0.15) is 40.2 Å². The number of aromatic amines is 1. The average Bonchev–Trinajstić information content (AvgIpc) is 3.50. The number of hydrogen-bond acceptors (Lipinski definition) is 6. The first-order chi connectivity index (χ1) is 19.3. The molecule has 0 bridgehead atoms. The van der Waals surface area contributed by atoms with Crippen LogP contribution >= 0.6 is 23.2 Å². The predicted molar refractivity (Wildman–Crippen MR) is 153 cm³/mol. The van der Waals surface area contributed by atoms with Gasteiger partial charge in [0.15, 0.2) is 0 Å². The molecule has 1 aliphatic rings. The number of benzene rings is 3. The van der Waals surface area contributed by atoms with Gasteiger partial charge in [0.25, 0.3) is 0 Å². The second-order valence-electron chi connectivity index (χ2n) is 9.56. The highest BCUT2D eigenvalue weighted by Gasteiger charge is 2.39. The third kappa shape index (κ3) is 6.16.